The van der Waals surface area contributed by atoms with Crippen LogP contribution < -0.4 is 11.4 Å². The SMILES string of the molecule is Nc1ccn([C@@H]2O[C@H](COC3CCCCO3)C[C@H]2OC2CCCCO2)c(=O)n1. The molecular weight excluding hydrogens is 366 g/mol. The first kappa shape index (κ1) is 19.8. The number of hydrogen-bond donors (Lipinski definition) is 1. The molecule has 4 heterocycles. The van der Waals surface area contributed by atoms with Crippen LogP contribution in [0.3, 0.4) is 0 Å². The molecule has 2 N–H and O–H groups in total. The highest BCUT2D eigenvalue weighted by Crippen LogP contribution is 2.33. The van der Waals surface area contributed by atoms with E-state index in [9.17, 15) is 4.79 Å². The average molecular weight is 395 g/mol. The Morgan fingerprint density at radius 1 is 1.14 bits per heavy atom. The first-order valence-electron chi connectivity index (χ1n) is 10.2. The summed E-state index contributed by atoms with van der Waals surface area (Å²) in [6.07, 6.45) is 6.66. The van der Waals surface area contributed by atoms with Crippen molar-refractivity contribution in [3.05, 3.63) is 22.7 Å². The molecule has 3 aliphatic rings. The summed E-state index contributed by atoms with van der Waals surface area (Å²) in [6.45, 7) is 1.82. The number of aromatic nitrogens is 2. The quantitative estimate of drug-likeness (QED) is 0.773. The number of nitrogens with two attached hydrogens (primary N) is 1. The molecule has 0 saturated carbocycles. The predicted molar refractivity (Wildman–Crippen MR) is 99.4 cm³/mol. The van der Waals surface area contributed by atoms with E-state index < -0.39 is 11.9 Å². The minimum Gasteiger partial charge on any atom is -0.383 e. The maximum absolute atomic E-state index is 12.3. The lowest BCUT2D eigenvalue weighted by molar-refractivity contribution is -0.207. The fourth-order valence-electron chi connectivity index (χ4n) is 3.88. The summed E-state index contributed by atoms with van der Waals surface area (Å²) in [7, 11) is 0. The Kier molecular flexibility index (Phi) is 6.58. The van der Waals surface area contributed by atoms with Gasteiger partial charge in [-0.3, -0.25) is 4.57 Å². The van der Waals surface area contributed by atoms with Crippen LogP contribution in [-0.4, -0.2) is 54.2 Å². The Labute approximate surface area is 164 Å². The van der Waals surface area contributed by atoms with Crippen LogP contribution in [0.15, 0.2) is 17.1 Å². The first-order chi connectivity index (χ1) is 13.7. The van der Waals surface area contributed by atoms with Crippen molar-refractivity contribution >= 4 is 5.82 Å². The van der Waals surface area contributed by atoms with Crippen molar-refractivity contribution in [2.24, 2.45) is 0 Å². The topological polar surface area (TPSA) is 107 Å². The van der Waals surface area contributed by atoms with Crippen LogP contribution in [-0.2, 0) is 23.7 Å². The molecule has 3 fully saturated rings. The monoisotopic (exact) mass is 395 g/mol. The minimum absolute atomic E-state index is 0.182. The zero-order valence-electron chi connectivity index (χ0n) is 16.0. The molecule has 0 aliphatic carbocycles. The second kappa shape index (κ2) is 9.32. The van der Waals surface area contributed by atoms with Crippen molar-refractivity contribution in [2.75, 3.05) is 25.6 Å². The molecule has 0 bridgehead atoms. The fourth-order valence-corrected chi connectivity index (χ4v) is 3.88. The average Bonchev–Trinajstić information content (AvgIpc) is 3.10. The Balaban J connectivity index is 1.43. The van der Waals surface area contributed by atoms with Gasteiger partial charge in [0.05, 0.1) is 12.7 Å². The smallest absolute Gasteiger partial charge is 0.351 e. The normalized spacial score (nSPS) is 33.8. The second-order valence-corrected chi connectivity index (χ2v) is 7.53. The number of nitrogen functional groups attached to an aromatic ring is 1. The maximum Gasteiger partial charge on any atom is 0.351 e. The van der Waals surface area contributed by atoms with E-state index in [1.165, 1.54) is 4.57 Å². The van der Waals surface area contributed by atoms with Gasteiger partial charge in [0.25, 0.3) is 0 Å². The Morgan fingerprint density at radius 2 is 1.89 bits per heavy atom. The summed E-state index contributed by atoms with van der Waals surface area (Å²) in [5.41, 5.74) is 5.16. The molecule has 0 aromatic carbocycles. The Bertz CT molecular complexity index is 686. The van der Waals surface area contributed by atoms with E-state index in [4.69, 9.17) is 29.4 Å². The summed E-state index contributed by atoms with van der Waals surface area (Å²) in [5, 5.41) is 0. The summed E-state index contributed by atoms with van der Waals surface area (Å²) >= 11 is 0. The molecule has 9 nitrogen and oxygen atoms in total. The molecule has 3 aliphatic heterocycles. The minimum atomic E-state index is -0.591. The molecule has 156 valence electrons. The van der Waals surface area contributed by atoms with Gasteiger partial charge in [-0.15, -0.1) is 0 Å². The third-order valence-corrected chi connectivity index (χ3v) is 5.34. The third kappa shape index (κ3) is 4.90. The van der Waals surface area contributed by atoms with Crippen LogP contribution in [0, 0.1) is 0 Å². The largest absolute Gasteiger partial charge is 0.383 e. The van der Waals surface area contributed by atoms with Gasteiger partial charge in [-0.05, 0) is 44.6 Å². The van der Waals surface area contributed by atoms with E-state index in [0.29, 0.717) is 19.6 Å². The van der Waals surface area contributed by atoms with Gasteiger partial charge >= 0.3 is 5.69 Å². The third-order valence-electron chi connectivity index (χ3n) is 5.34. The maximum atomic E-state index is 12.3. The summed E-state index contributed by atoms with van der Waals surface area (Å²) in [4.78, 5) is 16.1. The predicted octanol–water partition coefficient (Wildman–Crippen LogP) is 1.57. The molecule has 1 aromatic heterocycles. The van der Waals surface area contributed by atoms with Gasteiger partial charge in [-0.25, -0.2) is 4.79 Å². The van der Waals surface area contributed by atoms with E-state index in [-0.39, 0.29) is 30.6 Å². The highest BCUT2D eigenvalue weighted by atomic mass is 16.7. The van der Waals surface area contributed by atoms with Crippen LogP contribution in [0.1, 0.15) is 51.2 Å². The second-order valence-electron chi connectivity index (χ2n) is 7.53. The highest BCUT2D eigenvalue weighted by molar-refractivity contribution is 5.23. The van der Waals surface area contributed by atoms with E-state index in [1.54, 1.807) is 12.3 Å². The number of ether oxygens (including phenoxy) is 5. The van der Waals surface area contributed by atoms with Gasteiger partial charge in [0, 0.05) is 25.8 Å². The summed E-state index contributed by atoms with van der Waals surface area (Å²) in [5.74, 6) is 0.182. The van der Waals surface area contributed by atoms with Crippen molar-refractivity contribution in [3.8, 4) is 0 Å². The lowest BCUT2D eigenvalue weighted by atomic mass is 10.1. The molecule has 0 radical (unpaired) electrons. The number of hydrogen-bond acceptors (Lipinski definition) is 8. The molecule has 2 unspecified atom stereocenters. The van der Waals surface area contributed by atoms with Crippen LogP contribution in [0.4, 0.5) is 5.82 Å². The lowest BCUT2D eigenvalue weighted by Gasteiger charge is -2.28. The van der Waals surface area contributed by atoms with Crippen molar-refractivity contribution in [1.29, 1.82) is 0 Å². The molecule has 0 amide bonds. The van der Waals surface area contributed by atoms with Crippen LogP contribution in [0.2, 0.25) is 0 Å². The van der Waals surface area contributed by atoms with Gasteiger partial charge in [0.1, 0.15) is 11.9 Å². The molecular formula is C19H29N3O6. The van der Waals surface area contributed by atoms with Crippen LogP contribution in [0.25, 0.3) is 0 Å². The van der Waals surface area contributed by atoms with Gasteiger partial charge in [-0.2, -0.15) is 4.98 Å². The number of nitrogens with zero attached hydrogens (tertiary/aromatic N) is 2. The van der Waals surface area contributed by atoms with Crippen LogP contribution in [0.5, 0.6) is 0 Å². The highest BCUT2D eigenvalue weighted by Gasteiger charge is 2.40. The number of anilines is 1. The molecule has 28 heavy (non-hydrogen) atoms. The Hall–Kier alpha value is -1.52. The number of rotatable bonds is 6. The van der Waals surface area contributed by atoms with Crippen molar-refractivity contribution < 1.29 is 23.7 Å². The molecule has 9 heteroatoms. The van der Waals surface area contributed by atoms with Gasteiger partial charge in [-0.1, -0.05) is 0 Å². The molecule has 5 atom stereocenters. The summed E-state index contributed by atoms with van der Waals surface area (Å²) in [6, 6.07) is 1.58. The van der Waals surface area contributed by atoms with E-state index >= 15 is 0 Å². The van der Waals surface area contributed by atoms with Gasteiger partial charge in [0.2, 0.25) is 0 Å². The van der Waals surface area contributed by atoms with E-state index in [0.717, 1.165) is 45.1 Å². The standard InChI is InChI=1S/C19H29N3O6/c20-15-7-8-22(19(23)21-15)18-14(28-17-6-2-4-10-25-17)11-13(27-18)12-26-16-5-1-3-9-24-16/h7-8,13-14,16-18H,1-6,9-12H2,(H2,20,21,23)/t13-,14+,16?,17?,18+/m0/s1. The van der Waals surface area contributed by atoms with Crippen LogP contribution >= 0.6 is 0 Å². The zero-order valence-corrected chi connectivity index (χ0v) is 16.0. The van der Waals surface area contributed by atoms with Gasteiger partial charge < -0.3 is 29.4 Å². The Morgan fingerprint density at radius 3 is 2.57 bits per heavy atom. The summed E-state index contributed by atoms with van der Waals surface area (Å²) < 4.78 is 31.0. The molecule has 4 rings (SSSR count). The van der Waals surface area contributed by atoms with E-state index in [2.05, 4.69) is 4.98 Å². The van der Waals surface area contributed by atoms with Crippen molar-refractivity contribution in [3.63, 3.8) is 0 Å². The lowest BCUT2D eigenvalue weighted by Crippen LogP contribution is -2.36. The first-order valence-corrected chi connectivity index (χ1v) is 10.2. The fraction of sp³-hybridized carbons (Fsp3) is 0.789. The molecule has 3 saturated heterocycles. The molecule has 1 aromatic rings. The zero-order chi connectivity index (χ0) is 19.3. The van der Waals surface area contributed by atoms with E-state index in [1.807, 2.05) is 0 Å². The van der Waals surface area contributed by atoms with Crippen molar-refractivity contribution in [2.45, 2.75) is 76.0 Å². The van der Waals surface area contributed by atoms with Crippen molar-refractivity contribution in [1.82, 2.24) is 9.55 Å². The van der Waals surface area contributed by atoms with Gasteiger partial charge in [0.15, 0.2) is 18.8 Å². The molecule has 0 spiro atoms.